The lowest BCUT2D eigenvalue weighted by Gasteiger charge is -2.15. The standard InChI is InChI=1S/C8H13IO5S.C2H6/c1-10-4-13-5-2-11-8-6(14-15-9)3-12-7(5)8;1-2/h5-8H,2-4H2,1H3;1-2H3/t5?,6?,7-,8-;/m1./s1. The summed E-state index contributed by atoms with van der Waals surface area (Å²) in [5.74, 6) is 0. The van der Waals surface area contributed by atoms with Crippen molar-refractivity contribution in [2.45, 2.75) is 38.3 Å². The van der Waals surface area contributed by atoms with Gasteiger partial charge >= 0.3 is 0 Å². The highest BCUT2D eigenvalue weighted by molar-refractivity contribution is 14.2. The van der Waals surface area contributed by atoms with Crippen LogP contribution in [-0.2, 0) is 23.1 Å². The van der Waals surface area contributed by atoms with Crippen molar-refractivity contribution in [2.24, 2.45) is 0 Å². The monoisotopic (exact) mass is 378 g/mol. The zero-order valence-electron chi connectivity index (χ0n) is 10.3. The van der Waals surface area contributed by atoms with Gasteiger partial charge in [0.05, 0.1) is 22.4 Å². The van der Waals surface area contributed by atoms with E-state index in [4.69, 9.17) is 23.1 Å². The predicted molar refractivity (Wildman–Crippen MR) is 74.1 cm³/mol. The highest BCUT2D eigenvalue weighted by Crippen LogP contribution is 2.33. The molecule has 0 aromatic heterocycles. The van der Waals surface area contributed by atoms with Gasteiger partial charge in [0.15, 0.2) is 0 Å². The van der Waals surface area contributed by atoms with Gasteiger partial charge in [0.25, 0.3) is 0 Å². The average molecular weight is 378 g/mol. The molecule has 0 bridgehead atoms. The molecule has 5 nitrogen and oxygen atoms in total. The molecule has 2 aliphatic rings. The summed E-state index contributed by atoms with van der Waals surface area (Å²) in [5.41, 5.74) is 0. The molecule has 2 fully saturated rings. The Labute approximate surface area is 119 Å². The Morgan fingerprint density at radius 3 is 2.35 bits per heavy atom. The minimum atomic E-state index is -0.0391. The molecule has 2 unspecified atom stereocenters. The van der Waals surface area contributed by atoms with E-state index >= 15 is 0 Å². The number of methoxy groups -OCH3 is 1. The van der Waals surface area contributed by atoms with Crippen LogP contribution < -0.4 is 0 Å². The van der Waals surface area contributed by atoms with E-state index in [0.29, 0.717) is 13.2 Å². The summed E-state index contributed by atoms with van der Waals surface area (Å²) < 4.78 is 27.0. The summed E-state index contributed by atoms with van der Waals surface area (Å²) in [6, 6.07) is 0. The first-order valence-corrected chi connectivity index (χ1v) is 8.93. The zero-order chi connectivity index (χ0) is 12.7. The Balaban J connectivity index is 0.000000686. The quantitative estimate of drug-likeness (QED) is 0.415. The summed E-state index contributed by atoms with van der Waals surface area (Å²) in [6.45, 7) is 5.38. The van der Waals surface area contributed by atoms with E-state index in [1.54, 1.807) is 7.11 Å². The van der Waals surface area contributed by atoms with E-state index in [-0.39, 0.29) is 31.2 Å². The maximum absolute atomic E-state index is 5.60. The number of hydrogen-bond donors (Lipinski definition) is 0. The van der Waals surface area contributed by atoms with Crippen molar-refractivity contribution >= 4 is 30.4 Å². The van der Waals surface area contributed by atoms with Crippen LogP contribution in [0.3, 0.4) is 0 Å². The molecule has 2 saturated heterocycles. The Bertz CT molecular complexity index is 209. The highest BCUT2D eigenvalue weighted by atomic mass is 127. The summed E-state index contributed by atoms with van der Waals surface area (Å²) >= 11 is 2.09. The van der Waals surface area contributed by atoms with Crippen molar-refractivity contribution in [3.8, 4) is 0 Å². The smallest absolute Gasteiger partial charge is 0.146 e. The Kier molecular flexibility index (Phi) is 8.34. The topological polar surface area (TPSA) is 46.2 Å². The second-order valence-electron chi connectivity index (χ2n) is 3.41. The van der Waals surface area contributed by atoms with Crippen LogP contribution >= 0.6 is 30.4 Å². The number of fused-ring (bicyclic) bond motifs is 1. The van der Waals surface area contributed by atoms with E-state index in [2.05, 4.69) is 21.2 Å². The molecule has 0 amide bonds. The molecule has 0 saturated carbocycles. The maximum Gasteiger partial charge on any atom is 0.146 e. The van der Waals surface area contributed by atoms with Crippen molar-refractivity contribution < 1.29 is 23.1 Å². The number of rotatable bonds is 5. The van der Waals surface area contributed by atoms with Gasteiger partial charge in [-0.3, -0.25) is 4.18 Å². The third kappa shape index (κ3) is 4.19. The fourth-order valence-electron chi connectivity index (χ4n) is 1.86. The van der Waals surface area contributed by atoms with Gasteiger partial charge in [0, 0.05) is 28.3 Å². The van der Waals surface area contributed by atoms with Gasteiger partial charge in [0.1, 0.15) is 31.2 Å². The first-order chi connectivity index (χ1) is 8.36. The Hall–Kier alpha value is 0.880. The summed E-state index contributed by atoms with van der Waals surface area (Å²) in [5, 5.41) is 0. The second-order valence-corrected chi connectivity index (χ2v) is 4.80. The molecule has 0 aromatic rings. The third-order valence-corrected chi connectivity index (χ3v) is 3.47. The Morgan fingerprint density at radius 2 is 1.76 bits per heavy atom. The molecule has 0 radical (unpaired) electrons. The molecule has 0 N–H and O–H groups in total. The molecule has 2 heterocycles. The lowest BCUT2D eigenvalue weighted by Crippen LogP contribution is -2.33. The van der Waals surface area contributed by atoms with Crippen LogP contribution in [0, 0.1) is 0 Å². The van der Waals surface area contributed by atoms with Crippen LogP contribution in [0.25, 0.3) is 0 Å². The van der Waals surface area contributed by atoms with Crippen molar-refractivity contribution in [1.29, 1.82) is 0 Å². The van der Waals surface area contributed by atoms with Crippen LogP contribution in [-0.4, -0.2) is 51.5 Å². The van der Waals surface area contributed by atoms with Gasteiger partial charge in [-0.15, -0.1) is 0 Å². The molecule has 0 aromatic carbocycles. The predicted octanol–water partition coefficient (Wildman–Crippen LogP) is 2.18. The second kappa shape index (κ2) is 8.89. The lowest BCUT2D eigenvalue weighted by atomic mass is 10.1. The van der Waals surface area contributed by atoms with Crippen LogP contribution in [0.15, 0.2) is 0 Å². The summed E-state index contributed by atoms with van der Waals surface area (Å²) in [6.07, 6.45) is -0.0568. The molecule has 0 spiro atoms. The van der Waals surface area contributed by atoms with Crippen molar-refractivity contribution in [3.05, 3.63) is 0 Å². The molecular weight excluding hydrogens is 359 g/mol. The fraction of sp³-hybridized carbons (Fsp3) is 1.00. The van der Waals surface area contributed by atoms with Crippen LogP contribution in [0.2, 0.25) is 0 Å². The molecule has 102 valence electrons. The van der Waals surface area contributed by atoms with E-state index in [1.165, 1.54) is 9.21 Å². The van der Waals surface area contributed by atoms with E-state index < -0.39 is 0 Å². The SMILES string of the molecule is CC.COCOC1CO[C@@H]2C(OSI)CO[C@H]12. The van der Waals surface area contributed by atoms with Crippen LogP contribution in [0.1, 0.15) is 13.8 Å². The van der Waals surface area contributed by atoms with Crippen molar-refractivity contribution in [1.82, 2.24) is 0 Å². The normalized spacial score (nSPS) is 35.3. The average Bonchev–Trinajstić information content (AvgIpc) is 2.93. The molecule has 2 aliphatic heterocycles. The fourth-order valence-corrected chi connectivity index (χ4v) is 2.92. The summed E-state index contributed by atoms with van der Waals surface area (Å²) in [4.78, 5) is 0. The minimum Gasteiger partial charge on any atom is -0.370 e. The first kappa shape index (κ1) is 15.9. The number of ether oxygens (including phenoxy) is 4. The lowest BCUT2D eigenvalue weighted by molar-refractivity contribution is -0.106. The number of hydrogen-bond acceptors (Lipinski definition) is 6. The van der Waals surface area contributed by atoms with Gasteiger partial charge in [-0.2, -0.15) is 0 Å². The van der Waals surface area contributed by atoms with E-state index in [9.17, 15) is 0 Å². The molecule has 17 heavy (non-hydrogen) atoms. The van der Waals surface area contributed by atoms with Gasteiger partial charge in [-0.1, -0.05) is 13.8 Å². The number of halogens is 1. The molecule has 7 heteroatoms. The molecule has 0 aliphatic carbocycles. The van der Waals surface area contributed by atoms with Crippen LogP contribution in [0.5, 0.6) is 0 Å². The first-order valence-electron chi connectivity index (χ1n) is 5.64. The van der Waals surface area contributed by atoms with E-state index in [0.717, 1.165) is 0 Å². The van der Waals surface area contributed by atoms with Crippen molar-refractivity contribution in [3.63, 3.8) is 0 Å². The summed E-state index contributed by atoms with van der Waals surface area (Å²) in [7, 11) is 2.91. The third-order valence-electron chi connectivity index (χ3n) is 2.52. The Morgan fingerprint density at radius 1 is 1.18 bits per heavy atom. The maximum atomic E-state index is 5.60. The zero-order valence-corrected chi connectivity index (χ0v) is 13.2. The largest absolute Gasteiger partial charge is 0.370 e. The molecule has 4 atom stereocenters. The minimum absolute atomic E-state index is 0.00544. The van der Waals surface area contributed by atoms with Crippen molar-refractivity contribution in [2.75, 3.05) is 27.1 Å². The van der Waals surface area contributed by atoms with Gasteiger partial charge < -0.3 is 18.9 Å². The van der Waals surface area contributed by atoms with E-state index in [1.807, 2.05) is 13.8 Å². The van der Waals surface area contributed by atoms with Gasteiger partial charge in [-0.05, 0) is 0 Å². The van der Waals surface area contributed by atoms with Gasteiger partial charge in [0.2, 0.25) is 0 Å². The van der Waals surface area contributed by atoms with Gasteiger partial charge in [-0.25, -0.2) is 0 Å². The molecular formula is C10H19IO5S. The van der Waals surface area contributed by atoms with Crippen LogP contribution in [0.4, 0.5) is 0 Å². The highest BCUT2D eigenvalue weighted by Gasteiger charge is 2.49. The molecule has 2 rings (SSSR count).